The summed E-state index contributed by atoms with van der Waals surface area (Å²) in [6, 6.07) is 22.6. The molecule has 1 saturated carbocycles. The third kappa shape index (κ3) is 8.34. The Morgan fingerprint density at radius 3 is 2.27 bits per heavy atom. The lowest BCUT2D eigenvalue weighted by atomic mass is 9.94. The number of amides is 2. The first kappa shape index (κ1) is 27.2. The first-order valence-corrected chi connectivity index (χ1v) is 14.1. The molecule has 0 saturated heterocycles. The fraction of sp³-hybridized carbons (Fsp3) is 0.333. The van der Waals surface area contributed by atoms with Gasteiger partial charge in [-0.3, -0.25) is 9.59 Å². The molecule has 1 N–H and O–H groups in total. The van der Waals surface area contributed by atoms with E-state index in [1.807, 2.05) is 42.5 Å². The monoisotopic (exact) mass is 538 g/mol. The van der Waals surface area contributed by atoms with E-state index in [2.05, 4.69) is 5.32 Å². The topological polar surface area (TPSA) is 49.4 Å². The molecular weight excluding hydrogens is 507 g/mol. The number of rotatable bonds is 10. The van der Waals surface area contributed by atoms with Gasteiger partial charge in [0.25, 0.3) is 0 Å². The normalized spacial score (nSPS) is 14.6. The van der Waals surface area contributed by atoms with Gasteiger partial charge in [-0.25, -0.2) is 4.39 Å². The maximum Gasteiger partial charge on any atom is 0.243 e. The Hall–Kier alpha value is -2.83. The summed E-state index contributed by atoms with van der Waals surface area (Å²) in [4.78, 5) is 30.0. The first-order valence-electron chi connectivity index (χ1n) is 12.7. The summed E-state index contributed by atoms with van der Waals surface area (Å²) in [7, 11) is 0. The van der Waals surface area contributed by atoms with Crippen LogP contribution in [0.3, 0.4) is 0 Å². The molecule has 1 atom stereocenters. The molecule has 0 heterocycles. The number of nitrogens with zero attached hydrogens (tertiary/aromatic N) is 1. The van der Waals surface area contributed by atoms with Crippen LogP contribution in [-0.2, 0) is 22.6 Å². The third-order valence-electron chi connectivity index (χ3n) is 6.66. The largest absolute Gasteiger partial charge is 0.352 e. The number of thioether (sulfide) groups is 1. The van der Waals surface area contributed by atoms with Crippen LogP contribution in [0.2, 0.25) is 5.02 Å². The van der Waals surface area contributed by atoms with Crippen molar-refractivity contribution < 1.29 is 14.0 Å². The predicted octanol–water partition coefficient (Wildman–Crippen LogP) is 6.66. The van der Waals surface area contributed by atoms with Crippen LogP contribution in [0, 0.1) is 5.82 Å². The maximum atomic E-state index is 13.7. The van der Waals surface area contributed by atoms with E-state index in [1.54, 1.807) is 29.2 Å². The van der Waals surface area contributed by atoms with Gasteiger partial charge in [0.15, 0.2) is 0 Å². The minimum atomic E-state index is -0.687. The van der Waals surface area contributed by atoms with E-state index >= 15 is 0 Å². The number of carbonyl (C=O) groups excluding carboxylic acids is 2. The van der Waals surface area contributed by atoms with Gasteiger partial charge in [0, 0.05) is 28.9 Å². The zero-order valence-electron chi connectivity index (χ0n) is 20.7. The quantitative estimate of drug-likeness (QED) is 0.294. The maximum absolute atomic E-state index is 13.7. The molecule has 37 heavy (non-hydrogen) atoms. The number of hydrogen-bond acceptors (Lipinski definition) is 3. The average molecular weight is 539 g/mol. The fourth-order valence-electron chi connectivity index (χ4n) is 4.64. The van der Waals surface area contributed by atoms with Crippen molar-refractivity contribution in [1.82, 2.24) is 10.2 Å². The summed E-state index contributed by atoms with van der Waals surface area (Å²) in [5.74, 6) is -0.451. The van der Waals surface area contributed by atoms with Crippen molar-refractivity contribution in [3.63, 3.8) is 0 Å². The molecule has 2 amide bonds. The van der Waals surface area contributed by atoms with Gasteiger partial charge in [-0.2, -0.15) is 0 Å². The molecule has 0 spiro atoms. The van der Waals surface area contributed by atoms with E-state index in [0.717, 1.165) is 41.7 Å². The molecular formula is C30H32ClFN2O2S. The molecule has 1 unspecified atom stereocenters. The van der Waals surface area contributed by atoms with Crippen molar-refractivity contribution in [3.05, 3.63) is 101 Å². The summed E-state index contributed by atoms with van der Waals surface area (Å²) < 4.78 is 13.6. The Morgan fingerprint density at radius 2 is 1.59 bits per heavy atom. The minimum Gasteiger partial charge on any atom is -0.352 e. The Balaban J connectivity index is 1.59. The van der Waals surface area contributed by atoms with Crippen molar-refractivity contribution >= 4 is 35.2 Å². The molecule has 0 bridgehead atoms. The van der Waals surface area contributed by atoms with Crippen LogP contribution in [0.5, 0.6) is 0 Å². The minimum absolute atomic E-state index is 0.130. The predicted molar refractivity (Wildman–Crippen MR) is 148 cm³/mol. The third-order valence-corrected chi connectivity index (χ3v) is 7.91. The summed E-state index contributed by atoms with van der Waals surface area (Å²) in [6.45, 7) is 0.218. The highest BCUT2D eigenvalue weighted by atomic mass is 35.5. The van der Waals surface area contributed by atoms with E-state index < -0.39 is 6.04 Å². The van der Waals surface area contributed by atoms with Crippen molar-refractivity contribution in [2.75, 3.05) is 5.75 Å². The molecule has 7 heteroatoms. The first-order chi connectivity index (χ1) is 18.0. The molecule has 0 aromatic heterocycles. The van der Waals surface area contributed by atoms with Crippen LogP contribution < -0.4 is 5.32 Å². The van der Waals surface area contributed by atoms with Crippen molar-refractivity contribution in [3.8, 4) is 0 Å². The van der Waals surface area contributed by atoms with Gasteiger partial charge in [-0.15, -0.1) is 11.8 Å². The van der Waals surface area contributed by atoms with Crippen molar-refractivity contribution in [2.45, 2.75) is 62.0 Å². The van der Waals surface area contributed by atoms with Gasteiger partial charge in [0.1, 0.15) is 11.9 Å². The second kappa shape index (κ2) is 13.6. The fourth-order valence-corrected chi connectivity index (χ4v) is 5.55. The molecule has 0 radical (unpaired) electrons. The SMILES string of the molecule is O=C(NC1CCCCC1)C(Cc1ccccc1)N(Cc1ccc(F)cc1)C(=O)CSc1ccc(Cl)cc1. The van der Waals surface area contributed by atoms with E-state index in [4.69, 9.17) is 11.6 Å². The summed E-state index contributed by atoms with van der Waals surface area (Å²) in [6.07, 6.45) is 5.72. The van der Waals surface area contributed by atoms with E-state index in [0.29, 0.717) is 11.4 Å². The van der Waals surface area contributed by atoms with E-state index in [-0.39, 0.29) is 36.0 Å². The van der Waals surface area contributed by atoms with Crippen LogP contribution in [0.25, 0.3) is 0 Å². The number of halogens is 2. The lowest BCUT2D eigenvalue weighted by Gasteiger charge is -2.33. The zero-order valence-corrected chi connectivity index (χ0v) is 22.3. The van der Waals surface area contributed by atoms with Crippen LogP contribution in [0.4, 0.5) is 4.39 Å². The molecule has 1 aliphatic carbocycles. The highest BCUT2D eigenvalue weighted by molar-refractivity contribution is 8.00. The number of benzene rings is 3. The van der Waals surface area contributed by atoms with E-state index in [9.17, 15) is 14.0 Å². The van der Waals surface area contributed by atoms with Crippen LogP contribution in [0.1, 0.15) is 43.2 Å². The Labute approximate surface area is 227 Å². The lowest BCUT2D eigenvalue weighted by molar-refractivity contribution is -0.139. The molecule has 3 aromatic rings. The van der Waals surface area contributed by atoms with Crippen molar-refractivity contribution in [2.24, 2.45) is 0 Å². The van der Waals surface area contributed by atoms with E-state index in [1.165, 1.54) is 30.3 Å². The second-order valence-corrected chi connectivity index (χ2v) is 10.9. The molecule has 3 aromatic carbocycles. The van der Waals surface area contributed by atoms with Gasteiger partial charge < -0.3 is 10.2 Å². The Kier molecular flexibility index (Phi) is 10.0. The Bertz CT molecular complexity index is 1150. The standard InChI is InChI=1S/C30H32ClFN2O2S/c31-24-13-17-27(18-14-24)37-21-29(35)34(20-23-11-15-25(32)16-12-23)28(19-22-7-3-1-4-8-22)30(36)33-26-9-5-2-6-10-26/h1,3-4,7-8,11-18,26,28H,2,5-6,9-10,19-21H2,(H,33,36). The molecule has 4 nitrogen and oxygen atoms in total. The molecule has 4 rings (SSSR count). The summed E-state index contributed by atoms with van der Waals surface area (Å²) in [5.41, 5.74) is 1.75. The molecule has 194 valence electrons. The molecule has 1 fully saturated rings. The molecule has 1 aliphatic rings. The average Bonchev–Trinajstić information content (AvgIpc) is 2.92. The van der Waals surface area contributed by atoms with Crippen LogP contribution in [-0.4, -0.2) is 34.6 Å². The highest BCUT2D eigenvalue weighted by Gasteiger charge is 2.32. The van der Waals surface area contributed by atoms with Crippen molar-refractivity contribution in [1.29, 1.82) is 0 Å². The number of carbonyl (C=O) groups is 2. The Morgan fingerprint density at radius 1 is 0.919 bits per heavy atom. The highest BCUT2D eigenvalue weighted by Crippen LogP contribution is 2.24. The summed E-state index contributed by atoms with van der Waals surface area (Å²) in [5, 5.41) is 3.87. The summed E-state index contributed by atoms with van der Waals surface area (Å²) >= 11 is 7.41. The lowest BCUT2D eigenvalue weighted by Crippen LogP contribution is -2.53. The molecule has 0 aliphatic heterocycles. The van der Waals surface area contributed by atoms with Gasteiger partial charge in [0.05, 0.1) is 5.75 Å². The van der Waals surface area contributed by atoms with Crippen LogP contribution >= 0.6 is 23.4 Å². The second-order valence-electron chi connectivity index (χ2n) is 9.44. The zero-order chi connectivity index (χ0) is 26.0. The number of hydrogen-bond donors (Lipinski definition) is 1. The van der Waals surface area contributed by atoms with Gasteiger partial charge in [0.2, 0.25) is 11.8 Å². The number of nitrogens with one attached hydrogen (secondary N) is 1. The smallest absolute Gasteiger partial charge is 0.243 e. The van der Waals surface area contributed by atoms with Gasteiger partial charge in [-0.1, -0.05) is 73.3 Å². The van der Waals surface area contributed by atoms with Gasteiger partial charge in [-0.05, 0) is 60.4 Å². The van der Waals surface area contributed by atoms with Crippen LogP contribution in [0.15, 0.2) is 83.8 Å². The van der Waals surface area contributed by atoms with Gasteiger partial charge >= 0.3 is 0 Å².